The highest BCUT2D eigenvalue weighted by Crippen LogP contribution is 2.65. The topological polar surface area (TPSA) is 40.5 Å². The first-order valence-electron chi connectivity index (χ1n) is 7.50. The van der Waals surface area contributed by atoms with Gasteiger partial charge in [-0.1, -0.05) is 6.92 Å². The second-order valence-electron chi connectivity index (χ2n) is 7.79. The van der Waals surface area contributed by atoms with Crippen molar-refractivity contribution < 1.29 is 10.2 Å². The fraction of sp³-hybridized carbons (Fsp3) is 0.647. The van der Waals surface area contributed by atoms with E-state index in [-0.39, 0.29) is 16.9 Å². The summed E-state index contributed by atoms with van der Waals surface area (Å²) in [4.78, 5) is 0. The van der Waals surface area contributed by atoms with Crippen LogP contribution >= 0.6 is 0 Å². The van der Waals surface area contributed by atoms with Gasteiger partial charge in [0, 0.05) is 6.07 Å². The third-order valence-corrected chi connectivity index (χ3v) is 5.87. The van der Waals surface area contributed by atoms with Gasteiger partial charge in [0.1, 0.15) is 11.5 Å². The number of rotatable bonds is 1. The summed E-state index contributed by atoms with van der Waals surface area (Å²) in [6.07, 6.45) is 7.91. The van der Waals surface area contributed by atoms with Crippen LogP contribution in [0.5, 0.6) is 11.5 Å². The van der Waals surface area contributed by atoms with Gasteiger partial charge in [-0.05, 0) is 78.9 Å². The highest BCUT2D eigenvalue weighted by molar-refractivity contribution is 5.42. The molecule has 5 rings (SSSR count). The minimum absolute atomic E-state index is 0.205. The van der Waals surface area contributed by atoms with Crippen LogP contribution < -0.4 is 0 Å². The predicted molar refractivity (Wildman–Crippen MR) is 74.2 cm³/mol. The van der Waals surface area contributed by atoms with Gasteiger partial charge in [0.15, 0.2) is 0 Å². The summed E-state index contributed by atoms with van der Waals surface area (Å²) in [5.74, 6) is 2.12. The quantitative estimate of drug-likeness (QED) is 0.800. The molecule has 19 heavy (non-hydrogen) atoms. The van der Waals surface area contributed by atoms with Crippen LogP contribution in [0.15, 0.2) is 18.2 Å². The Morgan fingerprint density at radius 1 is 0.947 bits per heavy atom. The molecule has 4 aliphatic carbocycles. The lowest BCUT2D eigenvalue weighted by molar-refractivity contribution is -0.0616. The molecule has 2 nitrogen and oxygen atoms in total. The van der Waals surface area contributed by atoms with Crippen LogP contribution in [0.25, 0.3) is 0 Å². The molecular formula is C17H22O2. The van der Waals surface area contributed by atoms with E-state index in [1.54, 1.807) is 0 Å². The Kier molecular flexibility index (Phi) is 2.13. The van der Waals surface area contributed by atoms with Crippen molar-refractivity contribution >= 4 is 0 Å². The zero-order chi connectivity index (χ0) is 13.3. The van der Waals surface area contributed by atoms with E-state index in [1.165, 1.54) is 50.2 Å². The Hall–Kier alpha value is -1.18. The van der Waals surface area contributed by atoms with E-state index in [0.717, 1.165) is 11.8 Å². The van der Waals surface area contributed by atoms with Crippen LogP contribution in [0, 0.1) is 17.3 Å². The number of phenols is 2. The molecule has 0 spiro atoms. The fourth-order valence-corrected chi connectivity index (χ4v) is 5.96. The van der Waals surface area contributed by atoms with E-state index in [0.29, 0.717) is 5.41 Å². The predicted octanol–water partition coefficient (Wildman–Crippen LogP) is 3.96. The molecule has 2 atom stereocenters. The summed E-state index contributed by atoms with van der Waals surface area (Å²) in [6, 6.07) is 5.21. The van der Waals surface area contributed by atoms with Crippen molar-refractivity contribution in [2.75, 3.05) is 0 Å². The molecular weight excluding hydrogens is 236 g/mol. The van der Waals surface area contributed by atoms with Gasteiger partial charge in [0.05, 0.1) is 0 Å². The van der Waals surface area contributed by atoms with Crippen LogP contribution in [0.2, 0.25) is 0 Å². The number of aromatic hydroxyl groups is 2. The van der Waals surface area contributed by atoms with E-state index in [9.17, 15) is 10.2 Å². The Bertz CT molecular complexity index is 500. The summed E-state index contributed by atoms with van der Waals surface area (Å²) in [7, 11) is 0. The van der Waals surface area contributed by atoms with Crippen LogP contribution in [0.4, 0.5) is 0 Å². The molecule has 0 radical (unpaired) electrons. The molecule has 2 N–H and O–H groups in total. The first-order chi connectivity index (χ1) is 8.96. The normalized spacial score (nSPS) is 43.6. The van der Waals surface area contributed by atoms with Gasteiger partial charge in [-0.15, -0.1) is 0 Å². The van der Waals surface area contributed by atoms with E-state index in [2.05, 4.69) is 6.92 Å². The lowest BCUT2D eigenvalue weighted by Crippen LogP contribution is -2.52. The molecule has 0 aromatic heterocycles. The summed E-state index contributed by atoms with van der Waals surface area (Å²) >= 11 is 0. The van der Waals surface area contributed by atoms with Gasteiger partial charge in [0.2, 0.25) is 0 Å². The molecule has 4 bridgehead atoms. The molecule has 0 saturated heterocycles. The Labute approximate surface area is 114 Å². The molecule has 1 aromatic carbocycles. The fourth-order valence-electron chi connectivity index (χ4n) is 5.96. The van der Waals surface area contributed by atoms with E-state index < -0.39 is 0 Å². The lowest BCUT2D eigenvalue weighted by atomic mass is 9.43. The van der Waals surface area contributed by atoms with E-state index in [4.69, 9.17) is 0 Å². The lowest BCUT2D eigenvalue weighted by Gasteiger charge is -2.61. The van der Waals surface area contributed by atoms with E-state index >= 15 is 0 Å². The third-order valence-electron chi connectivity index (χ3n) is 5.87. The second kappa shape index (κ2) is 3.47. The van der Waals surface area contributed by atoms with Gasteiger partial charge in [0.25, 0.3) is 0 Å². The molecule has 4 fully saturated rings. The zero-order valence-corrected chi connectivity index (χ0v) is 11.5. The summed E-state index contributed by atoms with van der Waals surface area (Å²) in [6.45, 7) is 2.45. The van der Waals surface area contributed by atoms with Crippen molar-refractivity contribution in [1.29, 1.82) is 0 Å². The standard InChI is InChI=1S/C17H22O2/c1-16-6-11-2-12(7-16)9-17(8-11,10-16)13-3-14(18)5-15(19)4-13/h3-5,11-12,18-19H,2,6-10H2,1H3. The minimum atomic E-state index is 0.205. The van der Waals surface area contributed by atoms with Crippen LogP contribution in [0.1, 0.15) is 51.0 Å². The van der Waals surface area contributed by atoms with E-state index in [1.807, 2.05) is 12.1 Å². The molecule has 1 aromatic rings. The maximum Gasteiger partial charge on any atom is 0.119 e. The minimum Gasteiger partial charge on any atom is -0.508 e. The molecule has 2 unspecified atom stereocenters. The average Bonchev–Trinajstić information content (AvgIpc) is 2.23. The maximum absolute atomic E-state index is 9.80. The summed E-state index contributed by atoms with van der Waals surface area (Å²) in [5, 5.41) is 19.6. The number of hydrogen-bond donors (Lipinski definition) is 2. The van der Waals surface area contributed by atoms with Crippen molar-refractivity contribution in [3.8, 4) is 11.5 Å². The molecule has 0 heterocycles. The third kappa shape index (κ3) is 1.69. The van der Waals surface area contributed by atoms with Gasteiger partial charge in [-0.3, -0.25) is 0 Å². The Balaban J connectivity index is 1.81. The largest absolute Gasteiger partial charge is 0.508 e. The summed E-state index contributed by atoms with van der Waals surface area (Å²) in [5.41, 5.74) is 1.88. The zero-order valence-electron chi connectivity index (χ0n) is 11.5. The SMILES string of the molecule is CC12CC3CC(C1)CC(c1cc(O)cc(O)c1)(C3)C2. The summed E-state index contributed by atoms with van der Waals surface area (Å²) < 4.78 is 0. The van der Waals surface area contributed by atoms with Crippen molar-refractivity contribution in [3.05, 3.63) is 23.8 Å². The van der Waals surface area contributed by atoms with Crippen molar-refractivity contribution in [3.63, 3.8) is 0 Å². The van der Waals surface area contributed by atoms with Gasteiger partial charge in [-0.2, -0.15) is 0 Å². The average molecular weight is 258 g/mol. The van der Waals surface area contributed by atoms with Gasteiger partial charge in [-0.25, -0.2) is 0 Å². The number of phenolic OH excluding ortho intramolecular Hbond substituents is 2. The first-order valence-corrected chi connectivity index (χ1v) is 7.50. The molecule has 102 valence electrons. The molecule has 4 aliphatic rings. The highest BCUT2D eigenvalue weighted by atomic mass is 16.3. The highest BCUT2D eigenvalue weighted by Gasteiger charge is 2.56. The van der Waals surface area contributed by atoms with Crippen LogP contribution in [-0.4, -0.2) is 10.2 Å². The Morgan fingerprint density at radius 3 is 2.05 bits per heavy atom. The van der Waals surface area contributed by atoms with Crippen LogP contribution in [0.3, 0.4) is 0 Å². The van der Waals surface area contributed by atoms with Gasteiger partial charge >= 0.3 is 0 Å². The maximum atomic E-state index is 9.80. The van der Waals surface area contributed by atoms with Crippen molar-refractivity contribution in [2.24, 2.45) is 17.3 Å². The van der Waals surface area contributed by atoms with Crippen molar-refractivity contribution in [2.45, 2.75) is 50.9 Å². The second-order valence-corrected chi connectivity index (χ2v) is 7.79. The molecule has 0 amide bonds. The monoisotopic (exact) mass is 258 g/mol. The molecule has 4 saturated carbocycles. The number of benzene rings is 1. The Morgan fingerprint density at radius 2 is 1.53 bits per heavy atom. The molecule has 0 aliphatic heterocycles. The van der Waals surface area contributed by atoms with Crippen molar-refractivity contribution in [1.82, 2.24) is 0 Å². The van der Waals surface area contributed by atoms with Gasteiger partial charge < -0.3 is 10.2 Å². The number of hydrogen-bond acceptors (Lipinski definition) is 2. The smallest absolute Gasteiger partial charge is 0.119 e. The molecule has 2 heteroatoms. The van der Waals surface area contributed by atoms with Crippen LogP contribution in [-0.2, 0) is 5.41 Å². The first kappa shape index (κ1) is 11.6.